The molecule has 6 heteroatoms. The Labute approximate surface area is 91.6 Å². The van der Waals surface area contributed by atoms with E-state index in [1.807, 2.05) is 0 Å². The minimum atomic E-state index is -0.528. The van der Waals surface area contributed by atoms with Gasteiger partial charge in [-0.3, -0.25) is 9.36 Å². The first-order valence-corrected chi connectivity index (χ1v) is 4.78. The first kappa shape index (κ1) is 11.7. The molecule has 0 amide bonds. The minimum Gasteiger partial charge on any atom is -0.462 e. The van der Waals surface area contributed by atoms with Crippen LogP contribution in [0.4, 0.5) is 0 Å². The molecule has 0 unspecified atom stereocenters. The van der Waals surface area contributed by atoms with Crippen LogP contribution in [0.3, 0.4) is 0 Å². The summed E-state index contributed by atoms with van der Waals surface area (Å²) in [6.07, 6.45) is 2.37. The van der Waals surface area contributed by atoms with Crippen LogP contribution in [0.1, 0.15) is 13.8 Å². The van der Waals surface area contributed by atoms with E-state index in [2.05, 4.69) is 4.98 Å². The van der Waals surface area contributed by atoms with E-state index in [-0.39, 0.29) is 12.6 Å². The lowest BCUT2D eigenvalue weighted by molar-refractivity contribution is -0.148. The number of carbonyl (C=O) groups is 1. The molecule has 0 aliphatic heterocycles. The zero-order valence-corrected chi connectivity index (χ0v) is 9.19. The quantitative estimate of drug-likeness (QED) is 0.723. The summed E-state index contributed by atoms with van der Waals surface area (Å²) in [7, 11) is 0. The third-order valence-corrected chi connectivity index (χ3v) is 1.68. The molecule has 82 valence electrons. The second-order valence-electron chi connectivity index (χ2n) is 3.22. The van der Waals surface area contributed by atoms with Crippen molar-refractivity contribution in [1.82, 2.24) is 9.55 Å². The standard InChI is InChI=1S/C9H11ClN2O3/c1-6(2)15-8(13)5-12-4-7(10)3-11-9(12)14/h3-4,6H,5H2,1-2H3. The fraction of sp³-hybridized carbons (Fsp3) is 0.444. The molecular weight excluding hydrogens is 220 g/mol. The molecular formula is C9H11ClN2O3. The summed E-state index contributed by atoms with van der Waals surface area (Å²) in [4.78, 5) is 25.9. The molecule has 0 saturated heterocycles. The molecule has 0 aliphatic rings. The van der Waals surface area contributed by atoms with Crippen molar-refractivity contribution in [3.63, 3.8) is 0 Å². The number of carbonyl (C=O) groups excluding carboxylic acids is 1. The first-order chi connectivity index (χ1) is 6.99. The van der Waals surface area contributed by atoms with Gasteiger partial charge in [-0.1, -0.05) is 11.6 Å². The molecule has 0 aliphatic carbocycles. The maximum absolute atomic E-state index is 11.2. The van der Waals surface area contributed by atoms with Crippen LogP contribution in [-0.4, -0.2) is 21.6 Å². The van der Waals surface area contributed by atoms with Gasteiger partial charge in [-0.15, -0.1) is 0 Å². The van der Waals surface area contributed by atoms with Gasteiger partial charge in [0.15, 0.2) is 0 Å². The van der Waals surface area contributed by atoms with Gasteiger partial charge in [0.05, 0.1) is 17.3 Å². The maximum Gasteiger partial charge on any atom is 0.348 e. The molecule has 1 heterocycles. The van der Waals surface area contributed by atoms with Crippen molar-refractivity contribution in [2.24, 2.45) is 0 Å². The van der Waals surface area contributed by atoms with E-state index in [4.69, 9.17) is 16.3 Å². The average molecular weight is 231 g/mol. The summed E-state index contributed by atoms with van der Waals surface area (Å²) >= 11 is 5.63. The van der Waals surface area contributed by atoms with Crippen molar-refractivity contribution in [1.29, 1.82) is 0 Å². The van der Waals surface area contributed by atoms with Gasteiger partial charge in [-0.05, 0) is 13.8 Å². The van der Waals surface area contributed by atoms with Crippen molar-refractivity contribution in [3.05, 3.63) is 27.9 Å². The second-order valence-corrected chi connectivity index (χ2v) is 3.66. The largest absolute Gasteiger partial charge is 0.462 e. The summed E-state index contributed by atoms with van der Waals surface area (Å²) < 4.78 is 5.98. The second kappa shape index (κ2) is 4.93. The predicted octanol–water partition coefficient (Wildman–Crippen LogP) is 0.848. The SMILES string of the molecule is CC(C)OC(=O)Cn1cc(Cl)cnc1=O. The van der Waals surface area contributed by atoms with Gasteiger partial charge in [0.2, 0.25) is 0 Å². The molecule has 0 radical (unpaired) electrons. The van der Waals surface area contributed by atoms with E-state index >= 15 is 0 Å². The van der Waals surface area contributed by atoms with E-state index in [0.29, 0.717) is 5.02 Å². The van der Waals surface area contributed by atoms with Gasteiger partial charge in [0.25, 0.3) is 0 Å². The Kier molecular flexibility index (Phi) is 3.85. The highest BCUT2D eigenvalue weighted by Gasteiger charge is 2.08. The van der Waals surface area contributed by atoms with Crippen molar-refractivity contribution in [3.8, 4) is 0 Å². The Morgan fingerprint density at radius 1 is 1.67 bits per heavy atom. The van der Waals surface area contributed by atoms with Crippen LogP contribution in [0, 0.1) is 0 Å². The van der Waals surface area contributed by atoms with Gasteiger partial charge < -0.3 is 4.74 Å². The van der Waals surface area contributed by atoms with Gasteiger partial charge >= 0.3 is 11.7 Å². The van der Waals surface area contributed by atoms with Gasteiger partial charge in [-0.25, -0.2) is 9.78 Å². The van der Waals surface area contributed by atoms with Crippen molar-refractivity contribution >= 4 is 17.6 Å². The van der Waals surface area contributed by atoms with E-state index < -0.39 is 11.7 Å². The van der Waals surface area contributed by atoms with Crippen LogP contribution >= 0.6 is 11.6 Å². The third-order valence-electron chi connectivity index (χ3n) is 1.49. The van der Waals surface area contributed by atoms with E-state index in [9.17, 15) is 9.59 Å². The van der Waals surface area contributed by atoms with Gasteiger partial charge in [0, 0.05) is 6.20 Å². The van der Waals surface area contributed by atoms with Crippen LogP contribution in [0.5, 0.6) is 0 Å². The third kappa shape index (κ3) is 3.71. The molecule has 1 aromatic heterocycles. The number of ether oxygens (including phenoxy) is 1. The minimum absolute atomic E-state index is 0.176. The van der Waals surface area contributed by atoms with E-state index in [1.165, 1.54) is 12.4 Å². The maximum atomic E-state index is 11.2. The summed E-state index contributed by atoms with van der Waals surface area (Å²) in [6.45, 7) is 3.29. The van der Waals surface area contributed by atoms with E-state index in [0.717, 1.165) is 4.57 Å². The van der Waals surface area contributed by atoms with Crippen LogP contribution < -0.4 is 5.69 Å². The van der Waals surface area contributed by atoms with Crippen LogP contribution in [-0.2, 0) is 16.1 Å². The molecule has 1 rings (SSSR count). The molecule has 0 aromatic carbocycles. The Hall–Kier alpha value is -1.36. The number of halogens is 1. The van der Waals surface area contributed by atoms with E-state index in [1.54, 1.807) is 13.8 Å². The molecule has 0 bridgehead atoms. The van der Waals surface area contributed by atoms with Crippen LogP contribution in [0.15, 0.2) is 17.2 Å². The van der Waals surface area contributed by atoms with Crippen molar-refractivity contribution in [2.45, 2.75) is 26.5 Å². The molecule has 0 atom stereocenters. The lowest BCUT2D eigenvalue weighted by atomic mass is 10.5. The molecule has 0 N–H and O–H groups in total. The lowest BCUT2D eigenvalue weighted by Crippen LogP contribution is -2.27. The van der Waals surface area contributed by atoms with Crippen molar-refractivity contribution in [2.75, 3.05) is 0 Å². The average Bonchev–Trinajstić information content (AvgIpc) is 2.10. The van der Waals surface area contributed by atoms with Gasteiger partial charge in [0.1, 0.15) is 6.54 Å². The molecule has 0 saturated carbocycles. The highest BCUT2D eigenvalue weighted by Crippen LogP contribution is 2.01. The number of esters is 1. The smallest absolute Gasteiger partial charge is 0.348 e. The van der Waals surface area contributed by atoms with Crippen LogP contribution in [0.25, 0.3) is 0 Å². The summed E-state index contributed by atoms with van der Waals surface area (Å²) in [6, 6.07) is 0. The Morgan fingerprint density at radius 3 is 2.93 bits per heavy atom. The van der Waals surface area contributed by atoms with Crippen LogP contribution in [0.2, 0.25) is 5.02 Å². The molecule has 5 nitrogen and oxygen atoms in total. The topological polar surface area (TPSA) is 61.2 Å². The number of nitrogens with zero attached hydrogens (tertiary/aromatic N) is 2. The van der Waals surface area contributed by atoms with Crippen molar-refractivity contribution < 1.29 is 9.53 Å². The number of hydrogen-bond acceptors (Lipinski definition) is 4. The molecule has 15 heavy (non-hydrogen) atoms. The Bertz CT molecular complexity index is 414. The molecule has 0 spiro atoms. The first-order valence-electron chi connectivity index (χ1n) is 4.40. The van der Waals surface area contributed by atoms with Gasteiger partial charge in [-0.2, -0.15) is 0 Å². The lowest BCUT2D eigenvalue weighted by Gasteiger charge is -2.08. The normalized spacial score (nSPS) is 10.4. The zero-order chi connectivity index (χ0) is 11.4. The molecule has 0 fully saturated rings. The summed E-state index contributed by atoms with van der Waals surface area (Å²) in [5.41, 5.74) is -0.528. The summed E-state index contributed by atoms with van der Waals surface area (Å²) in [5.74, 6) is -0.490. The fourth-order valence-corrected chi connectivity index (χ4v) is 1.15. The Morgan fingerprint density at radius 2 is 2.33 bits per heavy atom. The number of rotatable bonds is 3. The number of aromatic nitrogens is 2. The highest BCUT2D eigenvalue weighted by atomic mass is 35.5. The monoisotopic (exact) mass is 230 g/mol. The fourth-order valence-electron chi connectivity index (χ4n) is 0.981. The summed E-state index contributed by atoms with van der Waals surface area (Å²) in [5, 5.41) is 0.298. The predicted molar refractivity (Wildman–Crippen MR) is 54.7 cm³/mol. The zero-order valence-electron chi connectivity index (χ0n) is 8.44. The highest BCUT2D eigenvalue weighted by molar-refractivity contribution is 6.30. The molecule has 1 aromatic rings. The Balaban J connectivity index is 2.76. The number of hydrogen-bond donors (Lipinski definition) is 0.